The number of hydrogen-bond acceptors (Lipinski definition) is 5. The summed E-state index contributed by atoms with van der Waals surface area (Å²) in [6, 6.07) is 10.1. The predicted molar refractivity (Wildman–Crippen MR) is 125 cm³/mol. The maximum atomic E-state index is 13.3. The van der Waals surface area contributed by atoms with Gasteiger partial charge in [-0.2, -0.15) is 10.1 Å². The Kier molecular flexibility index (Phi) is 5.75. The van der Waals surface area contributed by atoms with Crippen LogP contribution in [-0.2, 0) is 31.4 Å². The summed E-state index contributed by atoms with van der Waals surface area (Å²) in [5.41, 5.74) is 8.50. The molecule has 0 aliphatic rings. The van der Waals surface area contributed by atoms with Crippen LogP contribution in [0, 0.1) is 20.8 Å². The molecular formula is C23H27N7O3. The zero-order valence-electron chi connectivity index (χ0n) is 19.2. The number of rotatable bonds is 7. The quantitative estimate of drug-likeness (QED) is 0.453. The van der Waals surface area contributed by atoms with Crippen LogP contribution in [0.5, 0.6) is 0 Å². The van der Waals surface area contributed by atoms with Gasteiger partial charge in [-0.1, -0.05) is 30.3 Å². The highest BCUT2D eigenvalue weighted by atomic mass is 16.2. The summed E-state index contributed by atoms with van der Waals surface area (Å²) in [6.07, 6.45) is 1.54. The summed E-state index contributed by atoms with van der Waals surface area (Å²) >= 11 is 0. The summed E-state index contributed by atoms with van der Waals surface area (Å²) in [5, 5.41) is 4.62. The highest BCUT2D eigenvalue weighted by Gasteiger charge is 2.23. The van der Waals surface area contributed by atoms with E-state index in [1.54, 1.807) is 9.25 Å². The van der Waals surface area contributed by atoms with Gasteiger partial charge in [0.2, 0.25) is 11.9 Å². The van der Waals surface area contributed by atoms with Crippen molar-refractivity contribution in [1.29, 1.82) is 0 Å². The van der Waals surface area contributed by atoms with Crippen molar-refractivity contribution in [3.05, 3.63) is 73.7 Å². The number of benzene rings is 1. The van der Waals surface area contributed by atoms with Crippen LogP contribution >= 0.6 is 0 Å². The molecule has 172 valence electrons. The predicted octanol–water partition coefficient (Wildman–Crippen LogP) is 1.13. The normalized spacial score (nSPS) is 11.4. The fourth-order valence-electron chi connectivity index (χ4n) is 4.03. The number of imidazole rings is 1. The molecule has 4 aromatic rings. The highest BCUT2D eigenvalue weighted by Crippen LogP contribution is 2.20. The number of fused-ring (bicyclic) bond motifs is 1. The molecule has 10 nitrogen and oxygen atoms in total. The molecule has 0 unspecified atom stereocenters. The summed E-state index contributed by atoms with van der Waals surface area (Å²) < 4.78 is 5.62. The molecule has 1 amide bonds. The second-order valence-electron chi connectivity index (χ2n) is 8.23. The molecular weight excluding hydrogens is 422 g/mol. The van der Waals surface area contributed by atoms with E-state index in [4.69, 9.17) is 5.73 Å². The summed E-state index contributed by atoms with van der Waals surface area (Å²) in [6.45, 7) is 5.81. The lowest BCUT2D eigenvalue weighted by Crippen LogP contribution is -2.42. The van der Waals surface area contributed by atoms with Crippen molar-refractivity contribution in [2.24, 2.45) is 12.8 Å². The second kappa shape index (κ2) is 8.53. The smallest absolute Gasteiger partial charge is 0.332 e. The van der Waals surface area contributed by atoms with Crippen LogP contribution in [0.25, 0.3) is 17.1 Å². The monoisotopic (exact) mass is 449 g/mol. The molecule has 0 fully saturated rings. The number of aryl methyl sites for hydroxylation is 4. The first-order valence-corrected chi connectivity index (χ1v) is 10.8. The highest BCUT2D eigenvalue weighted by molar-refractivity contribution is 5.75. The second-order valence-corrected chi connectivity index (χ2v) is 8.23. The first-order valence-electron chi connectivity index (χ1n) is 10.8. The fourth-order valence-corrected chi connectivity index (χ4v) is 4.03. The Hall–Kier alpha value is -3.95. The van der Waals surface area contributed by atoms with Gasteiger partial charge in [0.15, 0.2) is 11.2 Å². The standard InChI is InChI=1S/C23H27N7O3/c1-14-15(2)26-30(16(14)3)22-25-20-19(21(32)29(13-18(24)31)23(33)27(20)4)28(22)12-8-11-17-9-6-5-7-10-17/h5-7,9-10H,8,11-13H2,1-4H3,(H2,24,31). The average molecular weight is 450 g/mol. The third-order valence-electron chi connectivity index (χ3n) is 6.06. The van der Waals surface area contributed by atoms with E-state index in [1.165, 1.54) is 17.2 Å². The van der Waals surface area contributed by atoms with Gasteiger partial charge >= 0.3 is 5.69 Å². The van der Waals surface area contributed by atoms with Crippen LogP contribution in [0.4, 0.5) is 0 Å². The maximum absolute atomic E-state index is 13.3. The van der Waals surface area contributed by atoms with E-state index in [0.29, 0.717) is 12.5 Å². The molecule has 4 rings (SSSR count). The van der Waals surface area contributed by atoms with Gasteiger partial charge in [-0.3, -0.25) is 14.2 Å². The molecule has 10 heteroatoms. The zero-order valence-corrected chi connectivity index (χ0v) is 19.2. The number of carbonyl (C=O) groups is 1. The summed E-state index contributed by atoms with van der Waals surface area (Å²) in [4.78, 5) is 42.3. The Bertz CT molecular complexity index is 1470. The van der Waals surface area contributed by atoms with E-state index in [0.717, 1.165) is 34.4 Å². The first kappa shape index (κ1) is 22.3. The zero-order chi connectivity index (χ0) is 23.9. The van der Waals surface area contributed by atoms with Crippen LogP contribution in [0.15, 0.2) is 39.9 Å². The van der Waals surface area contributed by atoms with Crippen LogP contribution in [0.3, 0.4) is 0 Å². The van der Waals surface area contributed by atoms with Crippen LogP contribution in [0.2, 0.25) is 0 Å². The van der Waals surface area contributed by atoms with Crippen molar-refractivity contribution in [2.75, 3.05) is 0 Å². The molecule has 0 bridgehead atoms. The summed E-state index contributed by atoms with van der Waals surface area (Å²) in [5.74, 6) is -0.311. The third kappa shape index (κ3) is 3.88. The maximum Gasteiger partial charge on any atom is 0.332 e. The third-order valence-corrected chi connectivity index (χ3v) is 6.06. The van der Waals surface area contributed by atoms with Gasteiger partial charge in [0.05, 0.1) is 5.69 Å². The van der Waals surface area contributed by atoms with Crippen molar-refractivity contribution < 1.29 is 4.79 Å². The minimum absolute atomic E-state index is 0.241. The van der Waals surface area contributed by atoms with E-state index in [1.807, 2.05) is 39.0 Å². The number of primary amides is 1. The summed E-state index contributed by atoms with van der Waals surface area (Å²) in [7, 11) is 1.53. The number of nitrogens with zero attached hydrogens (tertiary/aromatic N) is 6. The fraction of sp³-hybridized carbons (Fsp3) is 0.348. The van der Waals surface area contributed by atoms with Crippen LogP contribution < -0.4 is 17.0 Å². The minimum atomic E-state index is -0.766. The Balaban J connectivity index is 1.92. The van der Waals surface area contributed by atoms with Gasteiger partial charge in [-0.05, 0) is 44.7 Å². The lowest BCUT2D eigenvalue weighted by atomic mass is 10.1. The molecule has 0 aliphatic carbocycles. The average Bonchev–Trinajstić information content (AvgIpc) is 3.28. The minimum Gasteiger partial charge on any atom is -0.368 e. The van der Waals surface area contributed by atoms with Gasteiger partial charge in [-0.25, -0.2) is 14.0 Å². The molecule has 0 radical (unpaired) electrons. The topological polar surface area (TPSA) is 123 Å². The molecule has 0 spiro atoms. The molecule has 3 aromatic heterocycles. The SMILES string of the molecule is Cc1nn(-c2nc3c(c(=O)n(CC(N)=O)c(=O)n3C)n2CCCc2ccccc2)c(C)c1C. The van der Waals surface area contributed by atoms with Crippen molar-refractivity contribution in [2.45, 2.75) is 46.7 Å². The van der Waals surface area contributed by atoms with Gasteiger partial charge in [-0.15, -0.1) is 0 Å². The molecule has 0 aliphatic heterocycles. The van der Waals surface area contributed by atoms with E-state index >= 15 is 0 Å². The molecule has 2 N–H and O–H groups in total. The van der Waals surface area contributed by atoms with Gasteiger partial charge in [0.25, 0.3) is 5.56 Å². The molecule has 3 heterocycles. The molecule has 1 aromatic carbocycles. The number of nitrogens with two attached hydrogens (primary N) is 1. The van der Waals surface area contributed by atoms with Crippen molar-refractivity contribution in [1.82, 2.24) is 28.5 Å². The van der Waals surface area contributed by atoms with E-state index in [2.05, 4.69) is 22.2 Å². The van der Waals surface area contributed by atoms with Crippen molar-refractivity contribution in [3.8, 4) is 5.95 Å². The Labute approximate surface area is 189 Å². The molecule has 33 heavy (non-hydrogen) atoms. The van der Waals surface area contributed by atoms with Crippen molar-refractivity contribution >= 4 is 17.1 Å². The number of amides is 1. The lowest BCUT2D eigenvalue weighted by Gasteiger charge is -2.11. The molecule has 0 saturated carbocycles. The van der Waals surface area contributed by atoms with Crippen LogP contribution in [0.1, 0.15) is 28.9 Å². The Morgan fingerprint density at radius 1 is 1.06 bits per heavy atom. The Morgan fingerprint density at radius 2 is 1.76 bits per heavy atom. The van der Waals surface area contributed by atoms with Gasteiger partial charge < -0.3 is 10.3 Å². The van der Waals surface area contributed by atoms with Crippen molar-refractivity contribution in [3.63, 3.8) is 0 Å². The largest absolute Gasteiger partial charge is 0.368 e. The van der Waals surface area contributed by atoms with Gasteiger partial charge in [0, 0.05) is 19.3 Å². The molecule has 0 atom stereocenters. The van der Waals surface area contributed by atoms with E-state index in [-0.39, 0.29) is 11.2 Å². The van der Waals surface area contributed by atoms with E-state index in [9.17, 15) is 14.4 Å². The number of hydrogen-bond donors (Lipinski definition) is 1. The van der Waals surface area contributed by atoms with Crippen LogP contribution in [-0.4, -0.2) is 34.4 Å². The Morgan fingerprint density at radius 3 is 2.36 bits per heavy atom. The first-order chi connectivity index (χ1) is 15.7. The number of carbonyl (C=O) groups excluding carboxylic acids is 1. The number of aromatic nitrogens is 6. The van der Waals surface area contributed by atoms with Gasteiger partial charge in [0.1, 0.15) is 6.54 Å². The van der Waals surface area contributed by atoms with E-state index < -0.39 is 23.7 Å². The molecule has 0 saturated heterocycles. The lowest BCUT2D eigenvalue weighted by molar-refractivity contribution is -0.118.